The SMILES string of the molecule is CCOC(=O)COCC(NC(=O)c1ccc(N2C[C@@H](Oc3ccc(C(F)(F)F)cc3)C[C@H]2COC(F)F)cc1)c1ccc(S(=O)(=O)CC)cc1. The Morgan fingerprint density at radius 2 is 1.62 bits per heavy atom. The maximum atomic E-state index is 13.4. The van der Waals surface area contributed by atoms with Crippen LogP contribution in [-0.4, -0.2) is 77.8 Å². The molecule has 10 nitrogen and oxygen atoms in total. The van der Waals surface area contributed by atoms with Crippen LogP contribution in [0.15, 0.2) is 77.7 Å². The summed E-state index contributed by atoms with van der Waals surface area (Å²) in [6.07, 6.45) is -4.83. The molecule has 1 unspecified atom stereocenters. The van der Waals surface area contributed by atoms with E-state index in [9.17, 15) is 40.0 Å². The fraction of sp³-hybridized carbons (Fsp3) is 0.412. The summed E-state index contributed by atoms with van der Waals surface area (Å²) in [7, 11) is -3.46. The Hall–Kier alpha value is -4.28. The Morgan fingerprint density at radius 1 is 0.960 bits per heavy atom. The van der Waals surface area contributed by atoms with E-state index < -0.39 is 58.3 Å². The van der Waals surface area contributed by atoms with Gasteiger partial charge in [0.2, 0.25) is 0 Å². The Labute approximate surface area is 286 Å². The number of halogens is 5. The summed E-state index contributed by atoms with van der Waals surface area (Å²) >= 11 is 0. The van der Waals surface area contributed by atoms with E-state index in [1.54, 1.807) is 36.1 Å². The van der Waals surface area contributed by atoms with Crippen LogP contribution in [0.3, 0.4) is 0 Å². The van der Waals surface area contributed by atoms with Crippen LogP contribution < -0.4 is 15.0 Å². The van der Waals surface area contributed by atoms with Crippen molar-refractivity contribution >= 4 is 27.4 Å². The molecule has 1 aliphatic heterocycles. The molecule has 272 valence electrons. The maximum Gasteiger partial charge on any atom is 0.416 e. The Balaban J connectivity index is 1.47. The van der Waals surface area contributed by atoms with Gasteiger partial charge in [0.1, 0.15) is 18.5 Å². The van der Waals surface area contributed by atoms with Gasteiger partial charge in [0.25, 0.3) is 5.91 Å². The normalized spacial score (nSPS) is 17.1. The number of anilines is 1. The Bertz CT molecular complexity index is 1670. The first kappa shape index (κ1) is 38.5. The van der Waals surface area contributed by atoms with Gasteiger partial charge in [-0.2, -0.15) is 22.0 Å². The Morgan fingerprint density at radius 3 is 2.20 bits per heavy atom. The van der Waals surface area contributed by atoms with E-state index in [1.165, 1.54) is 43.3 Å². The molecule has 1 heterocycles. The lowest BCUT2D eigenvalue weighted by molar-refractivity contribution is -0.148. The Kier molecular flexibility index (Phi) is 13.2. The van der Waals surface area contributed by atoms with E-state index in [4.69, 9.17) is 14.2 Å². The first-order valence-corrected chi connectivity index (χ1v) is 17.3. The standard InChI is InChI=1S/C34H37F5N2O8S/c1-3-47-31(42)21-46-20-30(22-7-15-29(16-8-22)50(44,45)4-2)40-32(43)23-5-11-25(12-6-23)41-18-28(17-26(41)19-48-33(35)36)49-27-13-9-24(10-14-27)34(37,38)39/h5-16,26,28,30,33H,3-4,17-21H2,1-2H3,(H,40,43)/t26-,28-,30?/m0/s1. The highest BCUT2D eigenvalue weighted by molar-refractivity contribution is 7.91. The summed E-state index contributed by atoms with van der Waals surface area (Å²) in [5, 5.41) is 2.83. The minimum Gasteiger partial charge on any atom is -0.489 e. The van der Waals surface area contributed by atoms with Gasteiger partial charge in [-0.25, -0.2) is 13.2 Å². The van der Waals surface area contributed by atoms with Crippen LogP contribution in [-0.2, 0) is 35.0 Å². The average molecular weight is 729 g/mol. The van der Waals surface area contributed by atoms with Crippen LogP contribution in [0.25, 0.3) is 0 Å². The quantitative estimate of drug-likeness (QED) is 0.144. The van der Waals surface area contributed by atoms with Crippen LogP contribution in [0.4, 0.5) is 27.6 Å². The minimum absolute atomic E-state index is 0.0879. The van der Waals surface area contributed by atoms with E-state index in [-0.39, 0.29) is 61.4 Å². The van der Waals surface area contributed by atoms with Gasteiger partial charge in [-0.3, -0.25) is 4.79 Å². The van der Waals surface area contributed by atoms with Crippen molar-refractivity contribution in [3.8, 4) is 5.75 Å². The number of ether oxygens (including phenoxy) is 4. The van der Waals surface area contributed by atoms with E-state index in [0.717, 1.165) is 12.1 Å². The summed E-state index contributed by atoms with van der Waals surface area (Å²) < 4.78 is 110. The highest BCUT2D eigenvalue weighted by atomic mass is 32.2. The second kappa shape index (κ2) is 17.1. The number of carbonyl (C=O) groups is 2. The topological polar surface area (TPSA) is 120 Å². The summed E-state index contributed by atoms with van der Waals surface area (Å²) in [5.41, 5.74) is 0.476. The van der Waals surface area contributed by atoms with Crippen LogP contribution in [0, 0.1) is 0 Å². The van der Waals surface area contributed by atoms with E-state index >= 15 is 0 Å². The number of esters is 1. The lowest BCUT2D eigenvalue weighted by Gasteiger charge is -2.26. The second-order valence-electron chi connectivity index (χ2n) is 11.3. The highest BCUT2D eigenvalue weighted by Gasteiger charge is 2.35. The van der Waals surface area contributed by atoms with Crippen molar-refractivity contribution < 1.29 is 58.9 Å². The van der Waals surface area contributed by atoms with Gasteiger partial charge in [-0.1, -0.05) is 19.1 Å². The van der Waals surface area contributed by atoms with Crippen LogP contribution in [0.5, 0.6) is 5.75 Å². The van der Waals surface area contributed by atoms with Crippen molar-refractivity contribution in [1.82, 2.24) is 5.32 Å². The van der Waals surface area contributed by atoms with E-state index in [1.807, 2.05) is 0 Å². The van der Waals surface area contributed by atoms with Crippen molar-refractivity contribution in [2.75, 3.05) is 43.6 Å². The molecule has 3 aromatic rings. The smallest absolute Gasteiger partial charge is 0.416 e. The molecule has 16 heteroatoms. The van der Waals surface area contributed by atoms with E-state index in [0.29, 0.717) is 11.3 Å². The van der Waals surface area contributed by atoms with Crippen molar-refractivity contribution in [3.63, 3.8) is 0 Å². The number of carbonyl (C=O) groups excluding carboxylic acids is 2. The average Bonchev–Trinajstić information content (AvgIpc) is 3.49. The monoisotopic (exact) mass is 728 g/mol. The molecule has 1 amide bonds. The fourth-order valence-corrected chi connectivity index (χ4v) is 6.22. The first-order chi connectivity index (χ1) is 23.7. The van der Waals surface area contributed by atoms with Gasteiger partial charge < -0.3 is 29.2 Å². The minimum atomic E-state index is -4.51. The van der Waals surface area contributed by atoms with Crippen molar-refractivity contribution in [3.05, 3.63) is 89.5 Å². The number of alkyl halides is 5. The van der Waals surface area contributed by atoms with Gasteiger partial charge in [-0.15, -0.1) is 0 Å². The molecular weight excluding hydrogens is 691 g/mol. The predicted octanol–water partition coefficient (Wildman–Crippen LogP) is 5.82. The number of sulfone groups is 1. The van der Waals surface area contributed by atoms with Crippen molar-refractivity contribution in [2.45, 2.75) is 56.1 Å². The van der Waals surface area contributed by atoms with Crippen LogP contribution in [0.2, 0.25) is 0 Å². The third kappa shape index (κ3) is 10.6. The first-order valence-electron chi connectivity index (χ1n) is 15.7. The molecule has 0 saturated carbocycles. The molecule has 3 aromatic carbocycles. The number of amides is 1. The molecule has 0 radical (unpaired) electrons. The van der Waals surface area contributed by atoms with Crippen LogP contribution >= 0.6 is 0 Å². The molecule has 4 rings (SSSR count). The number of benzene rings is 3. The number of nitrogens with zero attached hydrogens (tertiary/aromatic N) is 1. The molecule has 50 heavy (non-hydrogen) atoms. The molecule has 0 aliphatic carbocycles. The molecule has 1 saturated heterocycles. The number of nitrogens with one attached hydrogen (secondary N) is 1. The zero-order valence-electron chi connectivity index (χ0n) is 27.2. The van der Waals surface area contributed by atoms with Gasteiger partial charge in [0.15, 0.2) is 9.84 Å². The number of hydrogen-bond acceptors (Lipinski definition) is 9. The van der Waals surface area contributed by atoms with Crippen molar-refractivity contribution in [1.29, 1.82) is 0 Å². The second-order valence-corrected chi connectivity index (χ2v) is 13.5. The fourth-order valence-electron chi connectivity index (χ4n) is 5.34. The third-order valence-electron chi connectivity index (χ3n) is 7.87. The summed E-state index contributed by atoms with van der Waals surface area (Å²) in [6, 6.07) is 15.0. The highest BCUT2D eigenvalue weighted by Crippen LogP contribution is 2.33. The zero-order valence-corrected chi connectivity index (χ0v) is 28.0. The van der Waals surface area contributed by atoms with E-state index in [2.05, 4.69) is 10.1 Å². The maximum absolute atomic E-state index is 13.4. The molecule has 0 spiro atoms. The summed E-state index contributed by atoms with van der Waals surface area (Å²) in [5.74, 6) is -1.01. The third-order valence-corrected chi connectivity index (χ3v) is 9.62. The lowest BCUT2D eigenvalue weighted by Crippen LogP contribution is -2.34. The van der Waals surface area contributed by atoms with Crippen LogP contribution in [0.1, 0.15) is 47.8 Å². The molecule has 3 atom stereocenters. The summed E-state index contributed by atoms with van der Waals surface area (Å²) in [6.45, 7) is -0.331. The lowest BCUT2D eigenvalue weighted by atomic mass is 10.1. The number of hydrogen-bond donors (Lipinski definition) is 1. The molecule has 1 fully saturated rings. The molecule has 0 aromatic heterocycles. The van der Waals surface area contributed by atoms with Crippen molar-refractivity contribution in [2.24, 2.45) is 0 Å². The molecule has 0 bridgehead atoms. The van der Waals surface area contributed by atoms with Gasteiger partial charge >= 0.3 is 18.8 Å². The zero-order chi connectivity index (χ0) is 36.5. The van der Waals surface area contributed by atoms with Gasteiger partial charge in [-0.05, 0) is 73.2 Å². The van der Waals surface area contributed by atoms with Gasteiger partial charge in [0, 0.05) is 17.7 Å². The largest absolute Gasteiger partial charge is 0.489 e. The molecule has 1 N–H and O–H groups in total. The molecular formula is C34H37F5N2O8S. The van der Waals surface area contributed by atoms with Gasteiger partial charge in [0.05, 0.1) is 54.7 Å². The predicted molar refractivity (Wildman–Crippen MR) is 172 cm³/mol. The summed E-state index contributed by atoms with van der Waals surface area (Å²) in [4.78, 5) is 27.0. The number of rotatable bonds is 16. The molecule has 1 aliphatic rings.